The average molecular weight is 1050 g/mol. The number of imidazole rings is 1. The maximum atomic E-state index is 6.48. The Morgan fingerprint density at radius 3 is 2.05 bits per heavy atom. The van der Waals surface area contributed by atoms with Gasteiger partial charge in [-0.05, 0) is 70.8 Å². The number of fused-ring (bicyclic) bond motifs is 4. The second-order valence-electron chi connectivity index (χ2n) is 18.3. The molecule has 0 amide bonds. The molecule has 0 bridgehead atoms. The molecular formula is C55H56GeIrN4O-2. The number of nitrogens with zero attached hydrogens (tertiary/aromatic N) is 4. The Balaban J connectivity index is 0.000000233. The van der Waals surface area contributed by atoms with Crippen LogP contribution in [0.1, 0.15) is 75.6 Å². The Bertz CT molecular complexity index is 2950. The number of pyridine rings is 2. The molecule has 9 rings (SSSR count). The topological polar surface area (TPSA) is 56.7 Å². The van der Waals surface area contributed by atoms with Crippen molar-refractivity contribution in [1.29, 1.82) is 0 Å². The van der Waals surface area contributed by atoms with Crippen molar-refractivity contribution >= 4 is 50.8 Å². The molecule has 0 spiro atoms. The number of para-hydroxylation sites is 1. The van der Waals surface area contributed by atoms with E-state index in [2.05, 4.69) is 161 Å². The maximum Gasteiger partial charge on any atom is 0.168 e. The van der Waals surface area contributed by atoms with E-state index in [9.17, 15) is 0 Å². The molecule has 5 aromatic carbocycles. The number of hydrogen-bond donors (Lipinski definition) is 0. The Morgan fingerprint density at radius 1 is 0.694 bits per heavy atom. The van der Waals surface area contributed by atoms with Gasteiger partial charge in [-0.1, -0.05) is 87.2 Å². The van der Waals surface area contributed by atoms with Crippen LogP contribution < -0.4 is 4.40 Å². The first-order chi connectivity index (χ1) is 29.3. The first kappa shape index (κ1) is 44.9. The van der Waals surface area contributed by atoms with Crippen LogP contribution in [0, 0.1) is 25.0 Å². The second kappa shape index (κ2) is 18.7. The minimum Gasteiger partial charge on any atom is -0.501 e. The molecule has 62 heavy (non-hydrogen) atoms. The third-order valence-electron chi connectivity index (χ3n) is 11.4. The van der Waals surface area contributed by atoms with Gasteiger partial charge in [0, 0.05) is 37.4 Å². The second-order valence-corrected chi connectivity index (χ2v) is 28.9. The summed E-state index contributed by atoms with van der Waals surface area (Å²) >= 11 is -1.86. The fraction of sp³-hybridized carbons (Fsp3) is 0.255. The standard InChI is InChI=1S/C37H32N3O.C18H24GeN.Ir/c1-22(2)30-19-26(25-12-7-6-8-13-25)20-31(23(3)4)34(30)40-32-18-24(5)21-38-36(32)39-37(40)29-16-11-15-28-27-14-9-10-17-33(27)41-35(28)29;1-14(2)11-16-12-18(15-9-7-6-8-10-15)20-13-17(16)19(3,4)5;/h6-15,17-23H,1-5H3;6-9,12-14H,11H2,1-5H3;/q2*-1;. The molecule has 1 radical (unpaired) electrons. The third kappa shape index (κ3) is 9.15. The van der Waals surface area contributed by atoms with Crippen molar-refractivity contribution < 1.29 is 24.5 Å². The molecular weight excluding hydrogens is 997 g/mol. The van der Waals surface area contributed by atoms with E-state index < -0.39 is 13.3 Å². The molecule has 0 aliphatic heterocycles. The van der Waals surface area contributed by atoms with E-state index in [0.717, 1.165) is 62.1 Å². The molecule has 5 nitrogen and oxygen atoms in total. The molecule has 0 aliphatic carbocycles. The monoisotopic (exact) mass is 1060 g/mol. The van der Waals surface area contributed by atoms with Crippen molar-refractivity contribution in [3.63, 3.8) is 0 Å². The summed E-state index contributed by atoms with van der Waals surface area (Å²) in [6.07, 6.45) is 5.16. The van der Waals surface area contributed by atoms with Crippen LogP contribution in [-0.2, 0) is 26.5 Å². The van der Waals surface area contributed by atoms with Gasteiger partial charge in [-0.3, -0.25) is 4.98 Å². The number of aryl methyl sites for hydroxylation is 1. The number of hydrogen-bond acceptors (Lipinski definition) is 4. The predicted molar refractivity (Wildman–Crippen MR) is 259 cm³/mol. The quantitative estimate of drug-likeness (QED) is 0.107. The molecule has 4 heterocycles. The number of benzene rings is 5. The van der Waals surface area contributed by atoms with E-state index in [4.69, 9.17) is 19.4 Å². The van der Waals surface area contributed by atoms with E-state index in [0.29, 0.717) is 11.6 Å². The Hall–Kier alpha value is -5.14. The fourth-order valence-electron chi connectivity index (χ4n) is 8.41. The van der Waals surface area contributed by atoms with Crippen LogP contribution in [0.15, 0.2) is 132 Å². The molecule has 0 aliphatic rings. The van der Waals surface area contributed by atoms with Crippen molar-refractivity contribution in [2.45, 2.75) is 84.0 Å². The van der Waals surface area contributed by atoms with Gasteiger partial charge in [-0.15, -0.1) is 18.2 Å². The Kier molecular flexibility index (Phi) is 13.5. The van der Waals surface area contributed by atoms with Gasteiger partial charge in [0.1, 0.15) is 5.58 Å². The van der Waals surface area contributed by atoms with Crippen molar-refractivity contribution in [2.24, 2.45) is 5.92 Å². The van der Waals surface area contributed by atoms with Crippen molar-refractivity contribution in [3.8, 4) is 39.5 Å². The van der Waals surface area contributed by atoms with Crippen LogP contribution in [0.5, 0.6) is 0 Å². The summed E-state index contributed by atoms with van der Waals surface area (Å²) in [7, 11) is 0. The van der Waals surface area contributed by atoms with E-state index >= 15 is 0 Å². The van der Waals surface area contributed by atoms with Gasteiger partial charge in [-0.25, -0.2) is 4.98 Å². The molecule has 0 fully saturated rings. The van der Waals surface area contributed by atoms with Gasteiger partial charge in [0.25, 0.3) is 0 Å². The predicted octanol–water partition coefficient (Wildman–Crippen LogP) is 14.3. The summed E-state index contributed by atoms with van der Waals surface area (Å²) < 4.78 is 10.3. The normalized spacial score (nSPS) is 11.8. The van der Waals surface area contributed by atoms with Crippen molar-refractivity contribution in [3.05, 3.63) is 162 Å². The van der Waals surface area contributed by atoms with E-state index in [1.807, 2.05) is 48.7 Å². The van der Waals surface area contributed by atoms with Crippen LogP contribution in [0.25, 0.3) is 72.6 Å². The summed E-state index contributed by atoms with van der Waals surface area (Å²) in [5.41, 5.74) is 15.1. The van der Waals surface area contributed by atoms with E-state index in [1.54, 1.807) is 4.40 Å². The molecule has 0 N–H and O–H groups in total. The largest absolute Gasteiger partial charge is 0.501 e. The van der Waals surface area contributed by atoms with Gasteiger partial charge in [0.05, 0.1) is 16.9 Å². The molecule has 9 aromatic rings. The third-order valence-corrected chi connectivity index (χ3v) is 15.7. The molecule has 0 saturated heterocycles. The van der Waals surface area contributed by atoms with Gasteiger partial charge in [0.15, 0.2) is 5.65 Å². The molecule has 0 saturated carbocycles. The SMILES string of the molecule is CC(C)Cc1cc(-c2[c-]cccc2)nc[c]1[Ge]([CH3])([CH3])[CH3].Cc1cnc2nc(-c3[c-]ccc4c3oc3ccccc34)n(-c3c(C(C)C)cc(-c4ccccc4)cc3C(C)C)c2c1.[Ir]. The first-order valence-electron chi connectivity index (χ1n) is 21.7. The fourth-order valence-corrected chi connectivity index (χ4v) is 11.7. The van der Waals surface area contributed by atoms with Gasteiger partial charge >= 0.3 is 126 Å². The number of aromatic nitrogens is 4. The van der Waals surface area contributed by atoms with E-state index in [-0.39, 0.29) is 31.9 Å². The number of furan rings is 1. The molecule has 4 aromatic heterocycles. The maximum absolute atomic E-state index is 6.48. The van der Waals surface area contributed by atoms with Crippen LogP contribution in [0.3, 0.4) is 0 Å². The van der Waals surface area contributed by atoms with Crippen molar-refractivity contribution in [1.82, 2.24) is 19.5 Å². The first-order valence-corrected chi connectivity index (χ1v) is 29.0. The van der Waals surface area contributed by atoms with Crippen molar-refractivity contribution in [2.75, 3.05) is 0 Å². The zero-order valence-corrected chi connectivity index (χ0v) is 42.1. The molecule has 7 heteroatoms. The smallest absolute Gasteiger partial charge is 0.168 e. The summed E-state index contributed by atoms with van der Waals surface area (Å²) in [6, 6.07) is 46.9. The molecule has 0 atom stereocenters. The minimum absolute atomic E-state index is 0. The molecule has 0 unspecified atom stereocenters. The summed E-state index contributed by atoms with van der Waals surface area (Å²) in [6.45, 7) is 15.7. The van der Waals surface area contributed by atoms with Gasteiger partial charge < -0.3 is 8.98 Å². The van der Waals surface area contributed by atoms with Gasteiger partial charge in [-0.2, -0.15) is 0 Å². The minimum atomic E-state index is -1.86. The Labute approximate surface area is 383 Å². The van der Waals surface area contributed by atoms with Crippen LogP contribution in [0.4, 0.5) is 0 Å². The van der Waals surface area contributed by atoms with Gasteiger partial charge in [0.2, 0.25) is 0 Å². The zero-order valence-electron chi connectivity index (χ0n) is 37.6. The average Bonchev–Trinajstić information content (AvgIpc) is 3.81. The van der Waals surface area contributed by atoms with Crippen LogP contribution in [-0.4, -0.2) is 32.8 Å². The molecule has 317 valence electrons. The number of rotatable bonds is 9. The van der Waals surface area contributed by atoms with E-state index in [1.165, 1.54) is 33.5 Å². The summed E-state index contributed by atoms with van der Waals surface area (Å²) in [5.74, 6) is 9.34. The Morgan fingerprint density at radius 2 is 1.39 bits per heavy atom. The zero-order chi connectivity index (χ0) is 43.0. The van der Waals surface area contributed by atoms with Crippen LogP contribution in [0.2, 0.25) is 17.3 Å². The summed E-state index contributed by atoms with van der Waals surface area (Å²) in [4.78, 5) is 14.6. The van der Waals surface area contributed by atoms with Crippen LogP contribution >= 0.6 is 0 Å². The summed E-state index contributed by atoms with van der Waals surface area (Å²) in [5, 5.41) is 2.15.